The summed E-state index contributed by atoms with van der Waals surface area (Å²) >= 11 is 1.34. The van der Waals surface area contributed by atoms with Crippen LogP contribution in [0.1, 0.15) is 27.4 Å². The number of pyridine rings is 1. The monoisotopic (exact) mass is 421 g/mol. The smallest absolute Gasteiger partial charge is 0.374 e. The molecule has 0 saturated heterocycles. The van der Waals surface area contributed by atoms with E-state index in [0.29, 0.717) is 39.0 Å². The number of fused-ring (bicyclic) bond motifs is 1. The Morgan fingerprint density at radius 1 is 1.20 bits per heavy atom. The molecule has 0 saturated carbocycles. The predicted octanol–water partition coefficient (Wildman–Crippen LogP) is 4.07. The zero-order valence-corrected chi connectivity index (χ0v) is 17.5. The Balaban J connectivity index is 1.76. The lowest BCUT2D eigenvalue weighted by Crippen LogP contribution is -2.22. The van der Waals surface area contributed by atoms with E-state index in [1.54, 1.807) is 37.4 Å². The fourth-order valence-corrected chi connectivity index (χ4v) is 3.94. The van der Waals surface area contributed by atoms with Crippen LogP contribution < -0.4 is 5.56 Å². The Labute approximate surface area is 176 Å². The van der Waals surface area contributed by atoms with Crippen LogP contribution in [-0.4, -0.2) is 27.6 Å². The van der Waals surface area contributed by atoms with E-state index in [4.69, 9.17) is 9.15 Å². The first-order valence-electron chi connectivity index (χ1n) is 9.23. The first kappa shape index (κ1) is 19.9. The molecule has 0 amide bonds. The van der Waals surface area contributed by atoms with Gasteiger partial charge >= 0.3 is 5.97 Å². The molecular weight excluding hydrogens is 402 g/mol. The lowest BCUT2D eigenvalue weighted by atomic mass is 10.2. The van der Waals surface area contributed by atoms with Gasteiger partial charge in [-0.05, 0) is 43.7 Å². The Bertz CT molecular complexity index is 1290. The molecule has 4 rings (SSSR count). The molecule has 1 aromatic carbocycles. The largest absolute Gasteiger partial charge is 0.463 e. The number of aryl methyl sites for hydroxylation is 2. The lowest BCUT2D eigenvalue weighted by Gasteiger charge is -2.12. The molecule has 0 bridgehead atoms. The molecule has 0 atom stereocenters. The number of nitrogens with zero attached hydrogens (tertiary/aromatic N) is 3. The normalized spacial score (nSPS) is 11.0. The number of aromatic nitrogens is 3. The van der Waals surface area contributed by atoms with Gasteiger partial charge in [0.25, 0.3) is 5.56 Å². The zero-order valence-electron chi connectivity index (χ0n) is 16.7. The van der Waals surface area contributed by atoms with Crippen molar-refractivity contribution in [1.29, 1.82) is 0 Å². The molecule has 30 heavy (non-hydrogen) atoms. The van der Waals surface area contributed by atoms with Crippen LogP contribution in [0.25, 0.3) is 16.7 Å². The fraction of sp³-hybridized carbons (Fsp3) is 0.182. The van der Waals surface area contributed by atoms with Crippen LogP contribution in [0.4, 0.5) is 0 Å². The highest BCUT2D eigenvalue weighted by Gasteiger charge is 2.18. The zero-order chi connectivity index (χ0) is 21.3. The van der Waals surface area contributed by atoms with Crippen molar-refractivity contribution in [3.8, 4) is 5.82 Å². The van der Waals surface area contributed by atoms with Crippen molar-refractivity contribution in [1.82, 2.24) is 14.5 Å². The lowest BCUT2D eigenvalue weighted by molar-refractivity contribution is 0.0562. The summed E-state index contributed by atoms with van der Waals surface area (Å²) in [5.41, 5.74) is 2.11. The molecule has 0 N–H and O–H groups in total. The van der Waals surface area contributed by atoms with E-state index in [2.05, 4.69) is 9.97 Å². The maximum atomic E-state index is 13.2. The van der Waals surface area contributed by atoms with Gasteiger partial charge in [-0.15, -0.1) is 0 Å². The average Bonchev–Trinajstić information content (AvgIpc) is 3.13. The number of methoxy groups -OCH3 is 1. The van der Waals surface area contributed by atoms with Crippen molar-refractivity contribution < 1.29 is 13.9 Å². The van der Waals surface area contributed by atoms with E-state index in [9.17, 15) is 9.59 Å². The summed E-state index contributed by atoms with van der Waals surface area (Å²) in [6.45, 7) is 3.72. The standard InChI is InChI=1S/C22H19N3O4S/c1-13-8-9-18(23-11-13)25-20(26)16-6-4-5-7-17(16)24-22(25)30-12-15-10-14(2)19(29-15)21(27)28-3/h4-11H,12H2,1-3H3. The molecule has 0 aliphatic rings. The van der Waals surface area contributed by atoms with Crippen LogP contribution in [0.5, 0.6) is 0 Å². The topological polar surface area (TPSA) is 87.2 Å². The van der Waals surface area contributed by atoms with Crippen molar-refractivity contribution in [2.24, 2.45) is 0 Å². The van der Waals surface area contributed by atoms with Crippen LogP contribution in [0.2, 0.25) is 0 Å². The van der Waals surface area contributed by atoms with Gasteiger partial charge in [-0.1, -0.05) is 30.0 Å². The third-order valence-corrected chi connectivity index (χ3v) is 5.51. The number of carbonyl (C=O) groups excluding carboxylic acids is 1. The second kappa shape index (κ2) is 8.16. The van der Waals surface area contributed by atoms with E-state index in [0.717, 1.165) is 5.56 Å². The molecule has 3 aromatic heterocycles. The van der Waals surface area contributed by atoms with Crippen molar-refractivity contribution in [2.45, 2.75) is 24.8 Å². The molecule has 0 aliphatic carbocycles. The quantitative estimate of drug-likeness (QED) is 0.273. The van der Waals surface area contributed by atoms with Gasteiger partial charge in [0.05, 0.1) is 23.8 Å². The summed E-state index contributed by atoms with van der Waals surface area (Å²) in [5.74, 6) is 1.13. The number of rotatable bonds is 5. The third-order valence-electron chi connectivity index (χ3n) is 4.55. The minimum absolute atomic E-state index is 0.178. The number of benzene rings is 1. The molecule has 0 radical (unpaired) electrons. The van der Waals surface area contributed by atoms with Crippen molar-refractivity contribution >= 4 is 28.6 Å². The average molecular weight is 421 g/mol. The third kappa shape index (κ3) is 3.73. The van der Waals surface area contributed by atoms with Gasteiger partial charge in [0.1, 0.15) is 11.6 Å². The van der Waals surface area contributed by atoms with Gasteiger partial charge in [-0.25, -0.2) is 19.3 Å². The molecule has 0 unspecified atom stereocenters. The number of esters is 1. The van der Waals surface area contributed by atoms with Crippen LogP contribution in [0.3, 0.4) is 0 Å². The summed E-state index contributed by atoms with van der Waals surface area (Å²) in [6, 6.07) is 12.7. The van der Waals surface area contributed by atoms with Gasteiger partial charge in [-0.2, -0.15) is 0 Å². The Morgan fingerprint density at radius 3 is 2.73 bits per heavy atom. The van der Waals surface area contributed by atoms with Gasteiger partial charge in [0, 0.05) is 11.8 Å². The van der Waals surface area contributed by atoms with Crippen molar-refractivity contribution in [2.75, 3.05) is 7.11 Å². The molecular formula is C22H19N3O4S. The van der Waals surface area contributed by atoms with E-state index < -0.39 is 5.97 Å². The second-order valence-corrected chi connectivity index (χ2v) is 7.69. The Morgan fingerprint density at radius 2 is 2.00 bits per heavy atom. The number of furan rings is 1. The molecule has 4 aromatic rings. The number of thioether (sulfide) groups is 1. The molecule has 8 heteroatoms. The Hall–Kier alpha value is -3.39. The van der Waals surface area contributed by atoms with Crippen LogP contribution in [-0.2, 0) is 10.5 Å². The van der Waals surface area contributed by atoms with Crippen LogP contribution in [0, 0.1) is 13.8 Å². The van der Waals surface area contributed by atoms with E-state index in [-0.39, 0.29) is 11.3 Å². The first-order valence-corrected chi connectivity index (χ1v) is 10.2. The summed E-state index contributed by atoms with van der Waals surface area (Å²) in [6.07, 6.45) is 1.71. The van der Waals surface area contributed by atoms with Crippen molar-refractivity contribution in [3.05, 3.63) is 81.7 Å². The molecule has 3 heterocycles. The summed E-state index contributed by atoms with van der Waals surface area (Å²) in [4.78, 5) is 34.1. The van der Waals surface area contributed by atoms with Crippen molar-refractivity contribution in [3.63, 3.8) is 0 Å². The van der Waals surface area contributed by atoms with E-state index >= 15 is 0 Å². The number of hydrogen-bond acceptors (Lipinski definition) is 7. The number of hydrogen-bond donors (Lipinski definition) is 0. The molecule has 0 spiro atoms. The van der Waals surface area contributed by atoms with Crippen LogP contribution >= 0.6 is 11.8 Å². The number of carbonyl (C=O) groups is 1. The van der Waals surface area contributed by atoms with E-state index in [1.165, 1.54) is 23.4 Å². The SMILES string of the molecule is COC(=O)c1oc(CSc2nc3ccccc3c(=O)n2-c2ccc(C)cn2)cc1C. The molecule has 7 nitrogen and oxygen atoms in total. The second-order valence-electron chi connectivity index (χ2n) is 6.75. The maximum Gasteiger partial charge on any atom is 0.374 e. The summed E-state index contributed by atoms with van der Waals surface area (Å²) in [7, 11) is 1.31. The minimum atomic E-state index is -0.520. The highest BCUT2D eigenvalue weighted by molar-refractivity contribution is 7.98. The van der Waals surface area contributed by atoms with E-state index in [1.807, 2.05) is 25.1 Å². The molecule has 152 valence electrons. The first-order chi connectivity index (χ1) is 14.5. The summed E-state index contributed by atoms with van der Waals surface area (Å²) in [5, 5.41) is 1.01. The minimum Gasteiger partial charge on any atom is -0.463 e. The van der Waals surface area contributed by atoms with Gasteiger partial charge in [-0.3, -0.25) is 4.79 Å². The number of para-hydroxylation sites is 1. The summed E-state index contributed by atoms with van der Waals surface area (Å²) < 4.78 is 11.9. The molecule has 0 aliphatic heterocycles. The number of ether oxygens (including phenoxy) is 1. The Kier molecular flexibility index (Phi) is 5.41. The maximum absolute atomic E-state index is 13.2. The van der Waals surface area contributed by atoms with Gasteiger partial charge in [0.15, 0.2) is 5.16 Å². The predicted molar refractivity (Wildman–Crippen MR) is 114 cm³/mol. The highest BCUT2D eigenvalue weighted by Crippen LogP contribution is 2.26. The van der Waals surface area contributed by atoms with Gasteiger partial charge < -0.3 is 9.15 Å². The van der Waals surface area contributed by atoms with Gasteiger partial charge in [0.2, 0.25) is 5.76 Å². The van der Waals surface area contributed by atoms with Crippen LogP contribution in [0.15, 0.2) is 63.0 Å². The fourth-order valence-electron chi connectivity index (χ4n) is 3.05. The molecule has 0 fully saturated rings. The highest BCUT2D eigenvalue weighted by atomic mass is 32.2.